The number of para-hydroxylation sites is 1. The molecule has 1 amide bonds. The zero-order valence-corrected chi connectivity index (χ0v) is 13.9. The van der Waals surface area contributed by atoms with E-state index in [1.165, 1.54) is 0 Å². The Bertz CT molecular complexity index is 1040. The molecule has 0 aliphatic heterocycles. The van der Waals surface area contributed by atoms with Crippen molar-refractivity contribution < 1.29 is 9.21 Å². The third-order valence-electron chi connectivity index (χ3n) is 3.92. The fraction of sp³-hybridized carbons (Fsp3) is 0.0526. The summed E-state index contributed by atoms with van der Waals surface area (Å²) in [5, 5.41) is 3.00. The van der Waals surface area contributed by atoms with E-state index in [4.69, 9.17) is 16.0 Å². The molecule has 25 heavy (non-hydrogen) atoms. The molecule has 0 saturated heterocycles. The van der Waals surface area contributed by atoms with Gasteiger partial charge in [-0.3, -0.25) is 4.79 Å². The molecule has 0 atom stereocenters. The van der Waals surface area contributed by atoms with Crippen LogP contribution >= 0.6 is 11.6 Å². The van der Waals surface area contributed by atoms with E-state index < -0.39 is 0 Å². The Kier molecular flexibility index (Phi) is 3.99. The predicted octanol–water partition coefficient (Wildman–Crippen LogP) is 4.20. The van der Waals surface area contributed by atoms with Gasteiger partial charge in [0.25, 0.3) is 11.3 Å². The van der Waals surface area contributed by atoms with Gasteiger partial charge in [-0.2, -0.15) is 4.98 Å². The summed E-state index contributed by atoms with van der Waals surface area (Å²) in [7, 11) is 0. The van der Waals surface area contributed by atoms with Crippen LogP contribution in [0.3, 0.4) is 0 Å². The molecule has 1 N–H and O–H groups in total. The maximum atomic E-state index is 12.4. The molecule has 6 heteroatoms. The van der Waals surface area contributed by atoms with Crippen molar-refractivity contribution in [3.8, 4) is 5.69 Å². The molecule has 0 aliphatic carbocycles. The average Bonchev–Trinajstić information content (AvgIpc) is 3.24. The molecule has 0 aliphatic rings. The lowest BCUT2D eigenvalue weighted by molar-refractivity contribution is 0.0950. The summed E-state index contributed by atoms with van der Waals surface area (Å²) in [4.78, 5) is 16.5. The monoisotopic (exact) mass is 351 g/mol. The molecule has 2 aromatic carbocycles. The van der Waals surface area contributed by atoms with Gasteiger partial charge in [-0.15, -0.1) is 0 Å². The van der Waals surface area contributed by atoms with Crippen molar-refractivity contribution in [3.63, 3.8) is 0 Å². The van der Waals surface area contributed by atoms with E-state index in [0.717, 1.165) is 11.4 Å². The molecule has 124 valence electrons. The van der Waals surface area contributed by atoms with E-state index >= 15 is 0 Å². The van der Waals surface area contributed by atoms with Crippen LogP contribution in [0.2, 0.25) is 5.35 Å². The third-order valence-corrected chi connectivity index (χ3v) is 4.08. The minimum atomic E-state index is -0.179. The van der Waals surface area contributed by atoms with Crippen molar-refractivity contribution in [1.82, 2.24) is 14.9 Å². The van der Waals surface area contributed by atoms with Gasteiger partial charge in [0.05, 0.1) is 6.54 Å². The van der Waals surface area contributed by atoms with Gasteiger partial charge in [-0.1, -0.05) is 18.2 Å². The largest absolute Gasteiger partial charge is 0.428 e. The molecular weight excluding hydrogens is 338 g/mol. The number of oxazole rings is 1. The Balaban J connectivity index is 1.51. The lowest BCUT2D eigenvalue weighted by Crippen LogP contribution is -2.23. The summed E-state index contributed by atoms with van der Waals surface area (Å²) < 4.78 is 7.25. The normalized spacial score (nSPS) is 10.9. The topological polar surface area (TPSA) is 60.1 Å². The van der Waals surface area contributed by atoms with E-state index in [9.17, 15) is 4.79 Å². The van der Waals surface area contributed by atoms with Gasteiger partial charge < -0.3 is 14.3 Å². The van der Waals surface area contributed by atoms with E-state index in [2.05, 4.69) is 10.3 Å². The van der Waals surface area contributed by atoms with Gasteiger partial charge in [0.15, 0.2) is 5.58 Å². The molecule has 2 aromatic heterocycles. The van der Waals surface area contributed by atoms with Gasteiger partial charge in [-0.25, -0.2) is 0 Å². The van der Waals surface area contributed by atoms with Crippen LogP contribution in [-0.4, -0.2) is 15.5 Å². The van der Waals surface area contributed by atoms with Crippen LogP contribution in [0.15, 0.2) is 71.3 Å². The molecular formula is C19H14ClN3O2. The number of rotatable bonds is 4. The average molecular weight is 352 g/mol. The van der Waals surface area contributed by atoms with E-state index in [0.29, 0.717) is 23.2 Å². The molecule has 5 nitrogen and oxygen atoms in total. The van der Waals surface area contributed by atoms with Crippen LogP contribution in [0.4, 0.5) is 0 Å². The number of nitrogens with one attached hydrogen (secondary N) is 1. The lowest BCUT2D eigenvalue weighted by Gasteiger charge is -2.10. The van der Waals surface area contributed by atoms with Gasteiger partial charge in [0, 0.05) is 23.1 Å². The standard InChI is InChI=1S/C19H14ClN3O2/c20-19-22-16-11-13(8-9-17(16)25-19)18(24)21-12-15-7-4-10-23(15)14-5-2-1-3-6-14/h1-11H,12H2,(H,21,24). The first-order valence-corrected chi connectivity index (χ1v) is 8.14. The summed E-state index contributed by atoms with van der Waals surface area (Å²) in [5.74, 6) is -0.179. The summed E-state index contributed by atoms with van der Waals surface area (Å²) in [6.45, 7) is 0.415. The van der Waals surface area contributed by atoms with E-state index in [1.807, 2.05) is 53.2 Å². The second-order valence-corrected chi connectivity index (χ2v) is 5.86. The van der Waals surface area contributed by atoms with Crippen molar-refractivity contribution in [2.45, 2.75) is 6.54 Å². The first-order valence-electron chi connectivity index (χ1n) is 7.77. The Morgan fingerprint density at radius 2 is 1.96 bits per heavy atom. The minimum Gasteiger partial charge on any atom is -0.428 e. The molecule has 0 saturated carbocycles. The van der Waals surface area contributed by atoms with Crippen LogP contribution < -0.4 is 5.32 Å². The van der Waals surface area contributed by atoms with Crippen molar-refractivity contribution in [2.24, 2.45) is 0 Å². The fourth-order valence-corrected chi connectivity index (χ4v) is 2.89. The van der Waals surface area contributed by atoms with Gasteiger partial charge in [0.2, 0.25) is 0 Å². The van der Waals surface area contributed by atoms with Gasteiger partial charge >= 0.3 is 0 Å². The minimum absolute atomic E-state index is 0.0632. The number of hydrogen-bond donors (Lipinski definition) is 1. The smallest absolute Gasteiger partial charge is 0.293 e. The molecule has 0 fully saturated rings. The number of fused-ring (bicyclic) bond motifs is 1. The SMILES string of the molecule is O=C(NCc1cccn1-c1ccccc1)c1ccc2oc(Cl)nc2c1. The molecule has 0 spiro atoms. The molecule has 4 aromatic rings. The summed E-state index contributed by atoms with van der Waals surface area (Å²) in [5.41, 5.74) is 3.67. The summed E-state index contributed by atoms with van der Waals surface area (Å²) in [6, 6.07) is 19.0. The zero-order chi connectivity index (χ0) is 17.2. The highest BCUT2D eigenvalue weighted by Crippen LogP contribution is 2.20. The van der Waals surface area contributed by atoms with Crippen molar-refractivity contribution in [3.05, 3.63) is 83.5 Å². The maximum Gasteiger partial charge on any atom is 0.293 e. The Morgan fingerprint density at radius 1 is 1.12 bits per heavy atom. The maximum absolute atomic E-state index is 12.4. The predicted molar refractivity (Wildman–Crippen MR) is 96.0 cm³/mol. The number of hydrogen-bond acceptors (Lipinski definition) is 3. The lowest BCUT2D eigenvalue weighted by atomic mass is 10.2. The molecule has 4 rings (SSSR count). The number of carbonyl (C=O) groups excluding carboxylic acids is 1. The molecule has 0 unspecified atom stereocenters. The van der Waals surface area contributed by atoms with Crippen LogP contribution in [-0.2, 0) is 6.54 Å². The van der Waals surface area contributed by atoms with Crippen LogP contribution in [0.25, 0.3) is 16.8 Å². The van der Waals surface area contributed by atoms with Crippen LogP contribution in [0.5, 0.6) is 0 Å². The Morgan fingerprint density at radius 3 is 2.80 bits per heavy atom. The number of halogens is 1. The Hall–Kier alpha value is -3.05. The molecule has 0 radical (unpaired) electrons. The second kappa shape index (κ2) is 6.45. The van der Waals surface area contributed by atoms with Crippen LogP contribution in [0, 0.1) is 0 Å². The molecule has 2 heterocycles. The molecule has 0 bridgehead atoms. The first kappa shape index (κ1) is 15.5. The van der Waals surface area contributed by atoms with Gasteiger partial charge in [-0.05, 0) is 54.1 Å². The first-order chi connectivity index (χ1) is 12.2. The number of amides is 1. The van der Waals surface area contributed by atoms with Crippen molar-refractivity contribution in [2.75, 3.05) is 0 Å². The van der Waals surface area contributed by atoms with Crippen LogP contribution in [0.1, 0.15) is 16.1 Å². The quantitative estimate of drug-likeness (QED) is 0.599. The third kappa shape index (κ3) is 3.14. The number of aromatic nitrogens is 2. The zero-order valence-electron chi connectivity index (χ0n) is 13.1. The van der Waals surface area contributed by atoms with Gasteiger partial charge in [0.1, 0.15) is 5.52 Å². The van der Waals surface area contributed by atoms with Crippen molar-refractivity contribution in [1.29, 1.82) is 0 Å². The fourth-order valence-electron chi connectivity index (χ4n) is 2.71. The number of benzene rings is 2. The number of nitrogens with zero attached hydrogens (tertiary/aromatic N) is 2. The van der Waals surface area contributed by atoms with E-state index in [1.54, 1.807) is 18.2 Å². The highest BCUT2D eigenvalue weighted by Gasteiger charge is 2.11. The number of carbonyl (C=O) groups is 1. The Labute approximate surface area is 148 Å². The highest BCUT2D eigenvalue weighted by atomic mass is 35.5. The second-order valence-electron chi connectivity index (χ2n) is 5.54. The van der Waals surface area contributed by atoms with Crippen molar-refractivity contribution >= 4 is 28.6 Å². The highest BCUT2D eigenvalue weighted by molar-refractivity contribution is 6.28. The summed E-state index contributed by atoms with van der Waals surface area (Å²) >= 11 is 5.74. The summed E-state index contributed by atoms with van der Waals surface area (Å²) in [6.07, 6.45) is 1.97. The van der Waals surface area contributed by atoms with E-state index in [-0.39, 0.29) is 11.3 Å².